The van der Waals surface area contributed by atoms with Gasteiger partial charge in [-0.25, -0.2) is 14.8 Å². The summed E-state index contributed by atoms with van der Waals surface area (Å²) in [5.74, 6) is 0.0440. The smallest absolute Gasteiger partial charge is 0.358 e. The van der Waals surface area contributed by atoms with Crippen molar-refractivity contribution < 1.29 is 14.3 Å². The van der Waals surface area contributed by atoms with Gasteiger partial charge in [0.05, 0.1) is 23.4 Å². The van der Waals surface area contributed by atoms with Crippen molar-refractivity contribution in [1.82, 2.24) is 20.3 Å². The first-order valence-corrected chi connectivity index (χ1v) is 11.1. The van der Waals surface area contributed by atoms with E-state index in [9.17, 15) is 4.79 Å². The van der Waals surface area contributed by atoms with Crippen LogP contribution in [0.2, 0.25) is 0 Å². The third-order valence-corrected chi connectivity index (χ3v) is 5.18. The van der Waals surface area contributed by atoms with E-state index >= 15 is 0 Å². The Morgan fingerprint density at radius 1 is 0.971 bits per heavy atom. The van der Waals surface area contributed by atoms with E-state index in [0.717, 1.165) is 16.7 Å². The maximum absolute atomic E-state index is 12.5. The second-order valence-electron chi connectivity index (χ2n) is 7.50. The van der Waals surface area contributed by atoms with Gasteiger partial charge < -0.3 is 14.8 Å². The summed E-state index contributed by atoms with van der Waals surface area (Å²) >= 11 is 0. The summed E-state index contributed by atoms with van der Waals surface area (Å²) in [7, 11) is 1.80. The molecule has 4 aromatic rings. The van der Waals surface area contributed by atoms with Crippen LogP contribution in [-0.4, -0.2) is 40.3 Å². The zero-order valence-corrected chi connectivity index (χ0v) is 19.5. The van der Waals surface area contributed by atoms with E-state index in [0.29, 0.717) is 28.2 Å². The minimum Gasteiger partial charge on any atom is -0.487 e. The average molecular weight is 468 g/mol. The molecule has 0 aliphatic rings. The molecule has 2 heterocycles. The van der Waals surface area contributed by atoms with Crippen LogP contribution in [-0.2, 0) is 11.3 Å². The number of para-hydroxylation sites is 2. The van der Waals surface area contributed by atoms with Crippen molar-refractivity contribution >= 4 is 28.3 Å². The Balaban J connectivity index is 1.53. The normalized spacial score (nSPS) is 11.2. The van der Waals surface area contributed by atoms with Crippen LogP contribution in [0, 0.1) is 5.41 Å². The van der Waals surface area contributed by atoms with Gasteiger partial charge in [-0.05, 0) is 61.0 Å². The third kappa shape index (κ3) is 5.50. The molecule has 0 aliphatic carbocycles. The summed E-state index contributed by atoms with van der Waals surface area (Å²) < 4.78 is 11.1. The van der Waals surface area contributed by atoms with Gasteiger partial charge in [-0.15, -0.1) is 0 Å². The van der Waals surface area contributed by atoms with Crippen LogP contribution in [0.15, 0.2) is 79.3 Å². The van der Waals surface area contributed by atoms with Crippen LogP contribution in [0.3, 0.4) is 0 Å². The number of fused-ring (bicyclic) bond motifs is 1. The Hall–Kier alpha value is -4.59. The first-order chi connectivity index (χ1) is 17.1. The molecule has 2 aromatic heterocycles. The molecule has 0 radical (unpaired) electrons. The Kier molecular flexibility index (Phi) is 7.42. The lowest BCUT2D eigenvalue weighted by atomic mass is 9.97. The van der Waals surface area contributed by atoms with Gasteiger partial charge in [0.1, 0.15) is 18.1 Å². The van der Waals surface area contributed by atoms with Crippen molar-refractivity contribution in [2.24, 2.45) is 0 Å². The fourth-order valence-corrected chi connectivity index (χ4v) is 3.50. The highest BCUT2D eigenvalue weighted by atomic mass is 16.5. The molecule has 4 rings (SSSR count). The SMILES string of the molecule is CCOC(=O)c1nc2ccccc2nc1COc1ccc(C(=N)/C(=C\NC)c2ccncc2)cc1. The Labute approximate surface area is 203 Å². The highest BCUT2D eigenvalue weighted by Gasteiger charge is 2.18. The number of carbonyl (C=O) groups is 1. The molecule has 0 saturated heterocycles. The van der Waals surface area contributed by atoms with Gasteiger partial charge in [-0.2, -0.15) is 0 Å². The van der Waals surface area contributed by atoms with Crippen LogP contribution in [0.1, 0.15) is 34.2 Å². The summed E-state index contributed by atoms with van der Waals surface area (Å²) in [5.41, 5.74) is 4.55. The molecule has 0 fully saturated rings. The average Bonchev–Trinajstić information content (AvgIpc) is 2.90. The number of benzene rings is 2. The summed E-state index contributed by atoms with van der Waals surface area (Å²) in [6, 6.07) is 18.3. The zero-order chi connectivity index (χ0) is 24.6. The number of carbonyl (C=O) groups excluding carboxylic acids is 1. The number of nitrogens with zero attached hydrogens (tertiary/aromatic N) is 3. The molecule has 0 bridgehead atoms. The number of allylic oxidation sites excluding steroid dienone is 1. The summed E-state index contributed by atoms with van der Waals surface area (Å²) in [6.45, 7) is 2.03. The maximum Gasteiger partial charge on any atom is 0.358 e. The number of nitrogens with one attached hydrogen (secondary N) is 2. The van der Waals surface area contributed by atoms with E-state index in [1.807, 2.05) is 42.5 Å². The first-order valence-electron chi connectivity index (χ1n) is 11.1. The molecule has 2 N–H and O–H groups in total. The zero-order valence-electron chi connectivity index (χ0n) is 19.5. The van der Waals surface area contributed by atoms with Crippen LogP contribution >= 0.6 is 0 Å². The minimum absolute atomic E-state index is 0.0463. The molecule has 8 nitrogen and oxygen atoms in total. The van der Waals surface area contributed by atoms with Crippen molar-refractivity contribution in [2.75, 3.05) is 13.7 Å². The Morgan fingerprint density at radius 2 is 1.66 bits per heavy atom. The predicted octanol–water partition coefficient (Wildman–Crippen LogP) is 4.41. The lowest BCUT2D eigenvalue weighted by Gasteiger charge is -2.12. The van der Waals surface area contributed by atoms with Crippen LogP contribution in [0.5, 0.6) is 5.75 Å². The lowest BCUT2D eigenvalue weighted by Crippen LogP contribution is -2.14. The molecule has 0 spiro atoms. The molecule has 8 heteroatoms. The van der Waals surface area contributed by atoms with Gasteiger partial charge in [0.25, 0.3) is 0 Å². The number of hydrogen-bond donors (Lipinski definition) is 2. The summed E-state index contributed by atoms with van der Waals surface area (Å²) in [5, 5.41) is 11.7. The van der Waals surface area contributed by atoms with E-state index in [1.165, 1.54) is 0 Å². The molecule has 2 aromatic carbocycles. The molecule has 35 heavy (non-hydrogen) atoms. The van der Waals surface area contributed by atoms with Crippen LogP contribution in [0.25, 0.3) is 16.6 Å². The van der Waals surface area contributed by atoms with Crippen molar-refractivity contribution in [1.29, 1.82) is 5.41 Å². The van der Waals surface area contributed by atoms with Crippen LogP contribution in [0.4, 0.5) is 0 Å². The van der Waals surface area contributed by atoms with Crippen molar-refractivity contribution in [3.8, 4) is 5.75 Å². The second kappa shape index (κ2) is 11.0. The Morgan fingerprint density at radius 3 is 2.31 bits per heavy atom. The number of pyridine rings is 1. The predicted molar refractivity (Wildman–Crippen MR) is 134 cm³/mol. The fraction of sp³-hybridized carbons (Fsp3) is 0.148. The number of rotatable bonds is 9. The topological polar surface area (TPSA) is 110 Å². The molecule has 0 aliphatic heterocycles. The molecule has 0 atom stereocenters. The van der Waals surface area contributed by atoms with Gasteiger partial charge in [-0.3, -0.25) is 10.4 Å². The monoisotopic (exact) mass is 467 g/mol. The first kappa shape index (κ1) is 23.6. The fourth-order valence-electron chi connectivity index (χ4n) is 3.50. The highest BCUT2D eigenvalue weighted by Crippen LogP contribution is 2.22. The molecular formula is C27H25N5O3. The van der Waals surface area contributed by atoms with Crippen LogP contribution < -0.4 is 10.1 Å². The minimum atomic E-state index is -0.534. The summed E-state index contributed by atoms with van der Waals surface area (Å²) in [4.78, 5) is 25.5. The Bertz CT molecular complexity index is 1370. The second-order valence-corrected chi connectivity index (χ2v) is 7.50. The van der Waals surface area contributed by atoms with Crippen molar-refractivity contribution in [3.63, 3.8) is 0 Å². The molecule has 0 saturated carbocycles. The largest absolute Gasteiger partial charge is 0.487 e. The van der Waals surface area contributed by atoms with Gasteiger partial charge in [0.15, 0.2) is 5.69 Å². The van der Waals surface area contributed by atoms with E-state index in [4.69, 9.17) is 14.9 Å². The number of hydrogen-bond acceptors (Lipinski definition) is 8. The quantitative estimate of drug-likeness (QED) is 0.277. The standard InChI is InChI=1S/C27H25N5O3/c1-3-34-27(33)26-24(31-22-6-4-5-7-23(22)32-26)17-35-20-10-8-19(9-11-20)25(28)21(16-29-2)18-12-14-30-15-13-18/h4-16,28-29H,3,17H2,1-2H3/b21-16-,28-25?. The molecule has 0 unspecified atom stereocenters. The van der Waals surface area contributed by atoms with E-state index in [-0.39, 0.29) is 18.9 Å². The molecule has 0 amide bonds. The maximum atomic E-state index is 12.5. The number of esters is 1. The molecular weight excluding hydrogens is 442 g/mol. The highest BCUT2D eigenvalue weighted by molar-refractivity contribution is 6.30. The lowest BCUT2D eigenvalue weighted by molar-refractivity contribution is 0.0516. The van der Waals surface area contributed by atoms with E-state index in [2.05, 4.69) is 20.3 Å². The third-order valence-electron chi connectivity index (χ3n) is 5.18. The van der Waals surface area contributed by atoms with Crippen molar-refractivity contribution in [3.05, 3.63) is 102 Å². The van der Waals surface area contributed by atoms with E-state index in [1.54, 1.807) is 50.8 Å². The number of ether oxygens (including phenoxy) is 2. The van der Waals surface area contributed by atoms with Gasteiger partial charge in [0, 0.05) is 36.8 Å². The van der Waals surface area contributed by atoms with E-state index < -0.39 is 5.97 Å². The van der Waals surface area contributed by atoms with Crippen molar-refractivity contribution in [2.45, 2.75) is 13.5 Å². The van der Waals surface area contributed by atoms with Gasteiger partial charge in [0.2, 0.25) is 0 Å². The molecule has 176 valence electrons. The van der Waals surface area contributed by atoms with Gasteiger partial charge >= 0.3 is 5.97 Å². The summed E-state index contributed by atoms with van der Waals surface area (Å²) in [6.07, 6.45) is 5.18. The van der Waals surface area contributed by atoms with Gasteiger partial charge in [-0.1, -0.05) is 12.1 Å². The number of aromatic nitrogens is 3.